The van der Waals surface area contributed by atoms with E-state index in [2.05, 4.69) is 0 Å². The number of hydrogen-bond acceptors (Lipinski definition) is 3. The predicted octanol–water partition coefficient (Wildman–Crippen LogP) is 1.45. The molecular formula is C7H5ClO4. The Morgan fingerprint density at radius 2 is 1.92 bits per heavy atom. The Bertz CT molecular complexity index is 334. The van der Waals surface area contributed by atoms with E-state index in [9.17, 15) is 4.79 Å². The average Bonchev–Trinajstić information content (AvgIpc) is 2.00. The van der Waals surface area contributed by atoms with Gasteiger partial charge in [-0.1, -0.05) is 11.6 Å². The standard InChI is InChI=1S/C7H5ClO4/c8-5-4(9)2-1-3(6(5)10)7(11)12/h1-2,9-10H,(H,11,12). The van der Waals surface area contributed by atoms with E-state index in [4.69, 9.17) is 26.9 Å². The van der Waals surface area contributed by atoms with Gasteiger partial charge in [-0.05, 0) is 12.1 Å². The topological polar surface area (TPSA) is 77.8 Å². The first-order valence-electron chi connectivity index (χ1n) is 2.97. The van der Waals surface area contributed by atoms with Crippen molar-refractivity contribution in [2.24, 2.45) is 0 Å². The van der Waals surface area contributed by atoms with Crippen LogP contribution in [0.15, 0.2) is 12.1 Å². The molecule has 0 aromatic heterocycles. The maximum absolute atomic E-state index is 10.4. The molecule has 4 nitrogen and oxygen atoms in total. The number of aromatic hydroxyl groups is 2. The zero-order chi connectivity index (χ0) is 9.30. The highest BCUT2D eigenvalue weighted by Crippen LogP contribution is 2.34. The van der Waals surface area contributed by atoms with Gasteiger partial charge < -0.3 is 15.3 Å². The summed E-state index contributed by atoms with van der Waals surface area (Å²) in [7, 11) is 0. The number of carboxylic acid groups (broad SMARTS) is 1. The lowest BCUT2D eigenvalue weighted by molar-refractivity contribution is 0.0693. The van der Waals surface area contributed by atoms with Crippen LogP contribution in [0, 0.1) is 0 Å². The number of halogens is 1. The number of hydrogen-bond donors (Lipinski definition) is 3. The smallest absolute Gasteiger partial charge is 0.339 e. The summed E-state index contributed by atoms with van der Waals surface area (Å²) in [5, 5.41) is 26.1. The second-order valence-corrected chi connectivity index (χ2v) is 2.48. The van der Waals surface area contributed by atoms with Crippen molar-refractivity contribution in [1.82, 2.24) is 0 Å². The van der Waals surface area contributed by atoms with Crippen molar-refractivity contribution in [3.8, 4) is 11.5 Å². The molecule has 0 atom stereocenters. The highest BCUT2D eigenvalue weighted by molar-refractivity contribution is 6.34. The summed E-state index contributed by atoms with van der Waals surface area (Å²) in [6.07, 6.45) is 0. The van der Waals surface area contributed by atoms with Gasteiger partial charge >= 0.3 is 5.97 Å². The fourth-order valence-corrected chi connectivity index (χ4v) is 0.891. The van der Waals surface area contributed by atoms with Crippen molar-refractivity contribution >= 4 is 17.6 Å². The zero-order valence-electron chi connectivity index (χ0n) is 5.78. The van der Waals surface area contributed by atoms with E-state index in [1.807, 2.05) is 0 Å². The molecule has 0 aliphatic carbocycles. The van der Waals surface area contributed by atoms with Crippen molar-refractivity contribution in [2.45, 2.75) is 0 Å². The highest BCUT2D eigenvalue weighted by Gasteiger charge is 2.14. The number of rotatable bonds is 1. The minimum Gasteiger partial charge on any atom is -0.506 e. The Morgan fingerprint density at radius 3 is 2.42 bits per heavy atom. The van der Waals surface area contributed by atoms with Crippen LogP contribution in [-0.4, -0.2) is 21.3 Å². The van der Waals surface area contributed by atoms with Crippen molar-refractivity contribution in [3.05, 3.63) is 22.7 Å². The molecule has 0 heterocycles. The first-order valence-corrected chi connectivity index (χ1v) is 3.35. The zero-order valence-corrected chi connectivity index (χ0v) is 6.54. The molecule has 12 heavy (non-hydrogen) atoms. The summed E-state index contributed by atoms with van der Waals surface area (Å²) in [6.45, 7) is 0. The number of aromatic carboxylic acids is 1. The molecule has 0 bridgehead atoms. The summed E-state index contributed by atoms with van der Waals surface area (Å²) < 4.78 is 0. The van der Waals surface area contributed by atoms with Gasteiger partial charge in [0.2, 0.25) is 0 Å². The van der Waals surface area contributed by atoms with Crippen LogP contribution >= 0.6 is 11.6 Å². The lowest BCUT2D eigenvalue weighted by atomic mass is 10.2. The molecule has 0 spiro atoms. The van der Waals surface area contributed by atoms with Crippen LogP contribution in [0.4, 0.5) is 0 Å². The Hall–Kier alpha value is -1.42. The van der Waals surface area contributed by atoms with Gasteiger partial charge in [-0.3, -0.25) is 0 Å². The third-order valence-electron chi connectivity index (χ3n) is 1.33. The van der Waals surface area contributed by atoms with Gasteiger partial charge in [0.25, 0.3) is 0 Å². The van der Waals surface area contributed by atoms with E-state index >= 15 is 0 Å². The molecule has 1 rings (SSSR count). The van der Waals surface area contributed by atoms with Gasteiger partial charge in [0.05, 0.1) is 0 Å². The summed E-state index contributed by atoms with van der Waals surface area (Å²) in [5.74, 6) is -2.27. The summed E-state index contributed by atoms with van der Waals surface area (Å²) in [5.41, 5.74) is -0.335. The van der Waals surface area contributed by atoms with Crippen molar-refractivity contribution in [2.75, 3.05) is 0 Å². The number of benzene rings is 1. The summed E-state index contributed by atoms with van der Waals surface area (Å²) in [4.78, 5) is 10.4. The van der Waals surface area contributed by atoms with Gasteiger partial charge in [-0.15, -0.1) is 0 Å². The van der Waals surface area contributed by atoms with Crippen LogP contribution in [0.2, 0.25) is 5.02 Å². The molecule has 0 fully saturated rings. The highest BCUT2D eigenvalue weighted by atomic mass is 35.5. The molecule has 3 N–H and O–H groups in total. The second-order valence-electron chi connectivity index (χ2n) is 2.10. The molecule has 0 unspecified atom stereocenters. The molecule has 1 aromatic rings. The fourth-order valence-electron chi connectivity index (χ4n) is 0.726. The van der Waals surface area contributed by atoms with Crippen LogP contribution in [0.3, 0.4) is 0 Å². The van der Waals surface area contributed by atoms with Gasteiger partial charge in [0, 0.05) is 0 Å². The van der Waals surface area contributed by atoms with E-state index in [0.29, 0.717) is 0 Å². The number of carboxylic acids is 1. The SMILES string of the molecule is O=C(O)c1ccc(O)c(Cl)c1O. The van der Waals surface area contributed by atoms with Crippen molar-refractivity contribution in [3.63, 3.8) is 0 Å². The van der Waals surface area contributed by atoms with E-state index in [-0.39, 0.29) is 16.3 Å². The third-order valence-corrected chi connectivity index (χ3v) is 1.70. The van der Waals surface area contributed by atoms with Crippen LogP contribution in [0.25, 0.3) is 0 Å². The lowest BCUT2D eigenvalue weighted by Gasteiger charge is -2.02. The molecular weight excluding hydrogens is 184 g/mol. The molecule has 0 radical (unpaired) electrons. The molecule has 64 valence electrons. The Kier molecular flexibility index (Phi) is 2.10. The molecule has 0 saturated heterocycles. The van der Waals surface area contributed by atoms with Crippen LogP contribution in [0.5, 0.6) is 11.5 Å². The Morgan fingerprint density at radius 1 is 1.33 bits per heavy atom. The first-order chi connectivity index (χ1) is 5.54. The fraction of sp³-hybridized carbons (Fsp3) is 0. The van der Waals surface area contributed by atoms with Crippen molar-refractivity contribution < 1.29 is 20.1 Å². The maximum atomic E-state index is 10.4. The van der Waals surface area contributed by atoms with E-state index in [1.54, 1.807) is 0 Å². The molecule has 5 heteroatoms. The van der Waals surface area contributed by atoms with Gasteiger partial charge in [-0.25, -0.2) is 4.79 Å². The van der Waals surface area contributed by atoms with Crippen LogP contribution < -0.4 is 0 Å². The van der Waals surface area contributed by atoms with E-state index in [0.717, 1.165) is 12.1 Å². The number of phenols is 2. The molecule has 0 aliphatic rings. The quantitative estimate of drug-likeness (QED) is 0.623. The average molecular weight is 189 g/mol. The molecule has 1 aromatic carbocycles. The monoisotopic (exact) mass is 188 g/mol. The minimum absolute atomic E-state index is 0.335. The predicted molar refractivity (Wildman–Crippen MR) is 41.7 cm³/mol. The normalized spacial score (nSPS) is 9.75. The molecule has 0 aliphatic heterocycles. The Labute approximate surface area is 72.6 Å². The van der Waals surface area contributed by atoms with Crippen LogP contribution in [-0.2, 0) is 0 Å². The Balaban J connectivity index is 3.36. The van der Waals surface area contributed by atoms with E-state index < -0.39 is 11.7 Å². The van der Waals surface area contributed by atoms with Gasteiger partial charge in [0.1, 0.15) is 16.3 Å². The third kappa shape index (κ3) is 1.29. The second kappa shape index (κ2) is 2.91. The number of phenolic OH excluding ortho intramolecular Hbond substituents is 1. The number of carbonyl (C=O) groups is 1. The maximum Gasteiger partial charge on any atom is 0.339 e. The minimum atomic E-state index is -1.30. The summed E-state index contributed by atoms with van der Waals surface area (Å²) >= 11 is 5.36. The van der Waals surface area contributed by atoms with Gasteiger partial charge in [0.15, 0.2) is 5.75 Å². The molecule has 0 amide bonds. The van der Waals surface area contributed by atoms with E-state index in [1.165, 1.54) is 0 Å². The largest absolute Gasteiger partial charge is 0.506 e. The first kappa shape index (κ1) is 8.67. The van der Waals surface area contributed by atoms with Crippen LogP contribution in [0.1, 0.15) is 10.4 Å². The summed E-state index contributed by atoms with van der Waals surface area (Å²) in [6, 6.07) is 2.17. The van der Waals surface area contributed by atoms with Gasteiger partial charge in [-0.2, -0.15) is 0 Å². The lowest BCUT2D eigenvalue weighted by Crippen LogP contribution is -1.96. The van der Waals surface area contributed by atoms with Crippen molar-refractivity contribution in [1.29, 1.82) is 0 Å². The molecule has 0 saturated carbocycles.